The van der Waals surface area contributed by atoms with Gasteiger partial charge in [0.25, 0.3) is 0 Å². The maximum atomic E-state index is 12.5. The molecule has 1 saturated heterocycles. The molecule has 1 fully saturated rings. The molecule has 1 atom stereocenters. The van der Waals surface area contributed by atoms with Crippen molar-refractivity contribution in [2.24, 2.45) is 0 Å². The summed E-state index contributed by atoms with van der Waals surface area (Å²) in [5.41, 5.74) is 1.16. The molecule has 1 amide bonds. The Labute approximate surface area is 128 Å². The van der Waals surface area contributed by atoms with Crippen LogP contribution in [0.25, 0.3) is 0 Å². The normalized spacial score (nSPS) is 18.4. The molecule has 2 aromatic rings. The maximum Gasteiger partial charge on any atom is 0.311 e. The summed E-state index contributed by atoms with van der Waals surface area (Å²) in [6, 6.07) is 10.2. The van der Waals surface area contributed by atoms with E-state index in [-0.39, 0.29) is 24.4 Å². The molecule has 7 nitrogen and oxygen atoms in total. The number of amides is 1. The summed E-state index contributed by atoms with van der Waals surface area (Å²) in [5.74, 6) is 0.0821. The molecular formula is C15H18N4O3. The van der Waals surface area contributed by atoms with Crippen LogP contribution in [0.15, 0.2) is 34.7 Å². The Morgan fingerprint density at radius 1 is 1.41 bits per heavy atom. The van der Waals surface area contributed by atoms with E-state index in [9.17, 15) is 4.79 Å². The van der Waals surface area contributed by atoms with Crippen LogP contribution in [-0.4, -0.2) is 47.7 Å². The fourth-order valence-electron chi connectivity index (χ4n) is 2.50. The topological polar surface area (TPSA) is 80.5 Å². The summed E-state index contributed by atoms with van der Waals surface area (Å²) < 4.78 is 10.2. The number of rotatable bonds is 4. The van der Waals surface area contributed by atoms with E-state index in [0.29, 0.717) is 19.0 Å². The first-order chi connectivity index (χ1) is 10.8. The Balaban J connectivity index is 1.69. The first-order valence-electron chi connectivity index (χ1n) is 7.17. The van der Waals surface area contributed by atoms with E-state index < -0.39 is 0 Å². The van der Waals surface area contributed by atoms with E-state index in [1.165, 1.54) is 7.11 Å². The molecule has 0 spiro atoms. The quantitative estimate of drug-likeness (QED) is 0.907. The highest BCUT2D eigenvalue weighted by Crippen LogP contribution is 2.18. The van der Waals surface area contributed by atoms with Gasteiger partial charge in [0.05, 0.1) is 0 Å². The SMILES string of the molecule is COCc1nnc(C(=O)N2CCN[C@@H](c3ccccc3)C2)o1. The van der Waals surface area contributed by atoms with Gasteiger partial charge in [0.15, 0.2) is 0 Å². The predicted octanol–water partition coefficient (Wildman–Crippen LogP) is 1.00. The minimum Gasteiger partial charge on any atom is -0.414 e. The van der Waals surface area contributed by atoms with Crippen LogP contribution in [-0.2, 0) is 11.3 Å². The number of carbonyl (C=O) groups is 1. The van der Waals surface area contributed by atoms with Crippen molar-refractivity contribution in [3.8, 4) is 0 Å². The molecule has 0 bridgehead atoms. The van der Waals surface area contributed by atoms with Crippen molar-refractivity contribution < 1.29 is 13.9 Å². The van der Waals surface area contributed by atoms with E-state index in [0.717, 1.165) is 12.1 Å². The number of hydrogen-bond donors (Lipinski definition) is 1. The number of carbonyl (C=O) groups excluding carboxylic acids is 1. The molecule has 116 valence electrons. The highest BCUT2D eigenvalue weighted by molar-refractivity contribution is 5.89. The second-order valence-electron chi connectivity index (χ2n) is 5.10. The summed E-state index contributed by atoms with van der Waals surface area (Å²) in [4.78, 5) is 14.2. The summed E-state index contributed by atoms with van der Waals surface area (Å²) in [7, 11) is 1.53. The minimum atomic E-state index is -0.239. The Morgan fingerprint density at radius 3 is 3.00 bits per heavy atom. The molecule has 1 aromatic heterocycles. The van der Waals surface area contributed by atoms with Crippen LogP contribution in [0.3, 0.4) is 0 Å². The third kappa shape index (κ3) is 3.15. The van der Waals surface area contributed by atoms with Crippen molar-refractivity contribution in [2.75, 3.05) is 26.7 Å². The number of piperazine rings is 1. The summed E-state index contributed by atoms with van der Waals surface area (Å²) in [6.45, 7) is 2.12. The number of benzene rings is 1. The van der Waals surface area contributed by atoms with Crippen molar-refractivity contribution in [3.05, 3.63) is 47.7 Å². The summed E-state index contributed by atoms with van der Waals surface area (Å²) >= 11 is 0. The maximum absolute atomic E-state index is 12.5. The lowest BCUT2D eigenvalue weighted by Crippen LogP contribution is -2.48. The number of nitrogens with zero attached hydrogens (tertiary/aromatic N) is 3. The van der Waals surface area contributed by atoms with Crippen LogP contribution in [0.4, 0.5) is 0 Å². The second kappa shape index (κ2) is 6.67. The van der Waals surface area contributed by atoms with E-state index >= 15 is 0 Å². The Hall–Kier alpha value is -2.25. The molecule has 1 aliphatic heterocycles. The highest BCUT2D eigenvalue weighted by atomic mass is 16.5. The van der Waals surface area contributed by atoms with Crippen LogP contribution in [0, 0.1) is 0 Å². The van der Waals surface area contributed by atoms with Gasteiger partial charge in [-0.05, 0) is 5.56 Å². The smallest absolute Gasteiger partial charge is 0.311 e. The van der Waals surface area contributed by atoms with Gasteiger partial charge in [0.1, 0.15) is 6.61 Å². The molecular weight excluding hydrogens is 284 g/mol. The molecule has 22 heavy (non-hydrogen) atoms. The average Bonchev–Trinajstić information content (AvgIpc) is 3.04. The second-order valence-corrected chi connectivity index (χ2v) is 5.10. The van der Waals surface area contributed by atoms with Gasteiger partial charge in [-0.3, -0.25) is 4.79 Å². The summed E-state index contributed by atoms with van der Waals surface area (Å²) in [5, 5.41) is 11.0. The molecule has 0 saturated carbocycles. The lowest BCUT2D eigenvalue weighted by molar-refractivity contribution is 0.0655. The fourth-order valence-corrected chi connectivity index (χ4v) is 2.50. The lowest BCUT2D eigenvalue weighted by Gasteiger charge is -2.33. The molecule has 3 rings (SSSR count). The van der Waals surface area contributed by atoms with Crippen LogP contribution in [0.1, 0.15) is 28.2 Å². The van der Waals surface area contributed by atoms with Gasteiger partial charge >= 0.3 is 11.8 Å². The zero-order valence-electron chi connectivity index (χ0n) is 12.4. The molecule has 1 aromatic carbocycles. The van der Waals surface area contributed by atoms with Crippen molar-refractivity contribution in [1.29, 1.82) is 0 Å². The third-order valence-electron chi connectivity index (χ3n) is 3.58. The van der Waals surface area contributed by atoms with E-state index in [2.05, 4.69) is 27.6 Å². The third-order valence-corrected chi connectivity index (χ3v) is 3.58. The number of nitrogens with one attached hydrogen (secondary N) is 1. The van der Waals surface area contributed by atoms with Crippen LogP contribution < -0.4 is 5.32 Å². The number of methoxy groups -OCH3 is 1. The standard InChI is InChI=1S/C15H18N4O3/c1-21-10-13-17-18-14(22-13)15(20)19-8-7-16-12(9-19)11-5-3-2-4-6-11/h2-6,12,16H,7-10H2,1H3/t12-/m1/s1. The fraction of sp³-hybridized carbons (Fsp3) is 0.400. The molecule has 1 aliphatic rings. The first-order valence-corrected chi connectivity index (χ1v) is 7.17. The van der Waals surface area contributed by atoms with Gasteiger partial charge in [-0.2, -0.15) is 0 Å². The lowest BCUT2D eigenvalue weighted by atomic mass is 10.0. The summed E-state index contributed by atoms with van der Waals surface area (Å²) in [6.07, 6.45) is 0. The zero-order chi connectivity index (χ0) is 15.4. The molecule has 2 heterocycles. The highest BCUT2D eigenvalue weighted by Gasteiger charge is 2.28. The first kappa shape index (κ1) is 14.7. The molecule has 0 unspecified atom stereocenters. The molecule has 7 heteroatoms. The largest absolute Gasteiger partial charge is 0.414 e. The Morgan fingerprint density at radius 2 is 2.23 bits per heavy atom. The van der Waals surface area contributed by atoms with Crippen molar-refractivity contribution in [3.63, 3.8) is 0 Å². The van der Waals surface area contributed by atoms with Crippen molar-refractivity contribution >= 4 is 5.91 Å². The van der Waals surface area contributed by atoms with Crippen molar-refractivity contribution in [1.82, 2.24) is 20.4 Å². The van der Waals surface area contributed by atoms with Gasteiger partial charge in [-0.25, -0.2) is 0 Å². The van der Waals surface area contributed by atoms with E-state index in [4.69, 9.17) is 9.15 Å². The Bertz CT molecular complexity index is 629. The van der Waals surface area contributed by atoms with Crippen LogP contribution in [0.2, 0.25) is 0 Å². The van der Waals surface area contributed by atoms with Gasteiger partial charge < -0.3 is 19.4 Å². The molecule has 0 radical (unpaired) electrons. The molecule has 0 aliphatic carbocycles. The monoisotopic (exact) mass is 302 g/mol. The van der Waals surface area contributed by atoms with Crippen molar-refractivity contribution in [2.45, 2.75) is 12.6 Å². The van der Waals surface area contributed by atoms with Gasteiger partial charge in [0.2, 0.25) is 5.89 Å². The van der Waals surface area contributed by atoms with E-state index in [1.807, 2.05) is 18.2 Å². The number of aromatic nitrogens is 2. The van der Waals surface area contributed by atoms with E-state index in [1.54, 1.807) is 4.90 Å². The Kier molecular flexibility index (Phi) is 4.45. The predicted molar refractivity (Wildman–Crippen MR) is 78.1 cm³/mol. The minimum absolute atomic E-state index is 0.0146. The average molecular weight is 302 g/mol. The molecule has 1 N–H and O–H groups in total. The van der Waals surface area contributed by atoms with Gasteiger partial charge in [-0.1, -0.05) is 30.3 Å². The van der Waals surface area contributed by atoms with Gasteiger partial charge in [0, 0.05) is 32.8 Å². The number of hydrogen-bond acceptors (Lipinski definition) is 6. The van der Waals surface area contributed by atoms with Gasteiger partial charge in [-0.15, -0.1) is 10.2 Å². The zero-order valence-corrected chi connectivity index (χ0v) is 12.4. The van der Waals surface area contributed by atoms with Crippen LogP contribution in [0.5, 0.6) is 0 Å². The van der Waals surface area contributed by atoms with Crippen LogP contribution >= 0.6 is 0 Å². The number of ether oxygens (including phenoxy) is 1.